The maximum atomic E-state index is 14.2. The van der Waals surface area contributed by atoms with Crippen LogP contribution in [0.15, 0.2) is 73.2 Å². The molecule has 0 unspecified atom stereocenters. The fourth-order valence-corrected chi connectivity index (χ4v) is 4.97. The van der Waals surface area contributed by atoms with Crippen LogP contribution in [0.5, 0.6) is 0 Å². The third-order valence-corrected chi connectivity index (χ3v) is 6.94. The number of aromatic nitrogens is 3. The molecule has 0 saturated carbocycles. The van der Waals surface area contributed by atoms with Crippen molar-refractivity contribution in [2.45, 2.75) is 12.2 Å². The van der Waals surface area contributed by atoms with Crippen molar-refractivity contribution in [3.63, 3.8) is 0 Å². The zero-order chi connectivity index (χ0) is 29.1. The molecular weight excluding hydrogens is 569 g/mol. The van der Waals surface area contributed by atoms with Crippen LogP contribution >= 0.6 is 11.6 Å². The molecule has 1 aliphatic heterocycles. The molecule has 0 saturated heterocycles. The van der Waals surface area contributed by atoms with Crippen molar-refractivity contribution in [2.75, 3.05) is 5.32 Å². The van der Waals surface area contributed by atoms with Gasteiger partial charge in [0.2, 0.25) is 0 Å². The third kappa shape index (κ3) is 4.86. The number of carbonyl (C=O) groups excluding carboxylic acids is 2. The number of carbonyl (C=O) groups is 2. The fourth-order valence-electron chi connectivity index (χ4n) is 4.74. The summed E-state index contributed by atoms with van der Waals surface area (Å²) in [5, 5.41) is 9.46. The van der Waals surface area contributed by atoms with Gasteiger partial charge in [-0.2, -0.15) is 18.3 Å². The van der Waals surface area contributed by atoms with E-state index < -0.39 is 46.8 Å². The normalized spacial score (nSPS) is 14.7. The monoisotopic (exact) mass is 583 g/mol. The molecule has 0 fully saturated rings. The molecular formula is C28H15ClF5N5O2. The van der Waals surface area contributed by atoms with E-state index in [2.05, 4.69) is 20.7 Å². The number of alkyl halides is 3. The maximum absolute atomic E-state index is 14.2. The molecule has 0 bridgehead atoms. The van der Waals surface area contributed by atoms with Gasteiger partial charge in [-0.3, -0.25) is 9.59 Å². The van der Waals surface area contributed by atoms with Gasteiger partial charge < -0.3 is 10.6 Å². The number of halogens is 6. The summed E-state index contributed by atoms with van der Waals surface area (Å²) in [4.78, 5) is 30.4. The molecule has 1 atom stereocenters. The highest BCUT2D eigenvalue weighted by Gasteiger charge is 2.36. The van der Waals surface area contributed by atoms with E-state index in [0.29, 0.717) is 28.9 Å². The van der Waals surface area contributed by atoms with Crippen LogP contribution in [0.3, 0.4) is 0 Å². The van der Waals surface area contributed by atoms with Crippen LogP contribution in [0.1, 0.15) is 43.4 Å². The van der Waals surface area contributed by atoms with Crippen LogP contribution < -0.4 is 10.6 Å². The summed E-state index contributed by atoms with van der Waals surface area (Å²) >= 11 is 6.32. The summed E-state index contributed by atoms with van der Waals surface area (Å²) in [5.74, 6) is -3.51. The Morgan fingerprint density at radius 1 is 0.976 bits per heavy atom. The molecule has 2 amide bonds. The Hall–Kier alpha value is -4.84. The van der Waals surface area contributed by atoms with Gasteiger partial charge in [-0.1, -0.05) is 11.6 Å². The number of nitrogens with one attached hydrogen (secondary N) is 2. The first-order chi connectivity index (χ1) is 19.5. The number of nitrogens with zero attached hydrogens (tertiary/aromatic N) is 3. The van der Waals surface area contributed by atoms with Crippen molar-refractivity contribution in [1.29, 1.82) is 0 Å². The van der Waals surface area contributed by atoms with Gasteiger partial charge in [0.15, 0.2) is 5.65 Å². The number of hydrogen-bond acceptors (Lipinski definition) is 4. The van der Waals surface area contributed by atoms with Crippen LogP contribution in [0.4, 0.5) is 27.6 Å². The second kappa shape index (κ2) is 9.66. The Kier molecular flexibility index (Phi) is 6.22. The van der Waals surface area contributed by atoms with E-state index in [1.165, 1.54) is 23.0 Å². The number of rotatable bonds is 4. The van der Waals surface area contributed by atoms with E-state index in [4.69, 9.17) is 11.6 Å². The van der Waals surface area contributed by atoms with Gasteiger partial charge in [-0.25, -0.2) is 18.3 Å². The average Bonchev–Trinajstić information content (AvgIpc) is 3.53. The molecule has 0 aliphatic carbocycles. The first-order valence-electron chi connectivity index (χ1n) is 11.9. The standard InChI is InChI=1S/C28H15ClF5N5O2/c29-21-3-2-17(30)10-19(21)25-24-20(27(41)38-25)7-14(13-1-4-23-35-12-36-39(23)11-13)8-22(24)37-26(40)15-5-16(28(32,33)34)9-18(31)6-15/h1-12,25H,(H,37,40)(H,38,41)/t25-/m1/s1. The van der Waals surface area contributed by atoms with Crippen LogP contribution in [0, 0.1) is 11.6 Å². The number of benzene rings is 3. The van der Waals surface area contributed by atoms with Gasteiger partial charge in [0.25, 0.3) is 11.8 Å². The van der Waals surface area contributed by atoms with E-state index >= 15 is 0 Å². The highest BCUT2D eigenvalue weighted by atomic mass is 35.5. The minimum Gasteiger partial charge on any atom is -0.341 e. The van der Waals surface area contributed by atoms with Crippen molar-refractivity contribution < 1.29 is 31.5 Å². The Balaban J connectivity index is 1.51. The lowest BCUT2D eigenvalue weighted by Gasteiger charge is -2.19. The van der Waals surface area contributed by atoms with Crippen LogP contribution in [0.2, 0.25) is 5.02 Å². The first kappa shape index (κ1) is 26.4. The van der Waals surface area contributed by atoms with Gasteiger partial charge in [0.05, 0.1) is 11.6 Å². The van der Waals surface area contributed by atoms with E-state index in [1.807, 2.05) is 0 Å². The van der Waals surface area contributed by atoms with E-state index in [-0.39, 0.29) is 33.5 Å². The summed E-state index contributed by atoms with van der Waals surface area (Å²) in [6, 6.07) is 10.4. The van der Waals surface area contributed by atoms with Crippen LogP contribution in [0.25, 0.3) is 16.8 Å². The highest BCUT2D eigenvalue weighted by Crippen LogP contribution is 2.42. The number of hydrogen-bond donors (Lipinski definition) is 2. The molecule has 6 rings (SSSR count). The summed E-state index contributed by atoms with van der Waals surface area (Å²) in [5.41, 5.74) is 0.125. The van der Waals surface area contributed by atoms with Gasteiger partial charge in [0, 0.05) is 44.7 Å². The first-order valence-corrected chi connectivity index (χ1v) is 12.3. The zero-order valence-corrected chi connectivity index (χ0v) is 21.2. The van der Waals surface area contributed by atoms with Gasteiger partial charge in [0.1, 0.15) is 18.0 Å². The van der Waals surface area contributed by atoms with Crippen LogP contribution in [-0.2, 0) is 6.18 Å². The molecule has 7 nitrogen and oxygen atoms in total. The SMILES string of the molecule is O=C(Nc1cc(-c2ccc3ncnn3c2)cc2c1[C@@H](c1cc(F)ccc1Cl)NC2=O)c1cc(F)cc(C(F)(F)F)c1. The van der Waals surface area contributed by atoms with Crippen molar-refractivity contribution >= 4 is 34.7 Å². The largest absolute Gasteiger partial charge is 0.416 e. The lowest BCUT2D eigenvalue weighted by atomic mass is 9.93. The van der Waals surface area contributed by atoms with Gasteiger partial charge >= 0.3 is 6.18 Å². The Morgan fingerprint density at radius 3 is 2.56 bits per heavy atom. The van der Waals surface area contributed by atoms with Gasteiger partial charge in [-0.05, 0) is 66.2 Å². The highest BCUT2D eigenvalue weighted by molar-refractivity contribution is 6.31. The number of anilines is 1. The quantitative estimate of drug-likeness (QED) is 0.239. The molecule has 0 radical (unpaired) electrons. The lowest BCUT2D eigenvalue weighted by Crippen LogP contribution is -2.21. The molecule has 0 spiro atoms. The number of fused-ring (bicyclic) bond motifs is 2. The molecule has 13 heteroatoms. The minimum atomic E-state index is -4.89. The number of pyridine rings is 1. The summed E-state index contributed by atoms with van der Waals surface area (Å²) in [6.07, 6.45) is -1.91. The van der Waals surface area contributed by atoms with Crippen molar-refractivity contribution in [3.8, 4) is 11.1 Å². The molecule has 206 valence electrons. The molecule has 2 aromatic heterocycles. The van der Waals surface area contributed by atoms with Crippen molar-refractivity contribution in [2.24, 2.45) is 0 Å². The lowest BCUT2D eigenvalue weighted by molar-refractivity contribution is -0.137. The van der Waals surface area contributed by atoms with Crippen molar-refractivity contribution in [1.82, 2.24) is 19.9 Å². The van der Waals surface area contributed by atoms with Crippen LogP contribution in [-0.4, -0.2) is 26.4 Å². The molecule has 3 aromatic carbocycles. The van der Waals surface area contributed by atoms with E-state index in [1.54, 1.807) is 24.4 Å². The molecule has 5 aromatic rings. The summed E-state index contributed by atoms with van der Waals surface area (Å²) in [6.45, 7) is 0. The maximum Gasteiger partial charge on any atom is 0.416 e. The van der Waals surface area contributed by atoms with Gasteiger partial charge in [-0.15, -0.1) is 0 Å². The summed E-state index contributed by atoms with van der Waals surface area (Å²) in [7, 11) is 0. The predicted molar refractivity (Wildman–Crippen MR) is 138 cm³/mol. The smallest absolute Gasteiger partial charge is 0.341 e. The second-order valence-corrected chi connectivity index (χ2v) is 9.63. The number of amides is 2. The Labute approximate surface area is 232 Å². The molecule has 2 N–H and O–H groups in total. The van der Waals surface area contributed by atoms with E-state index in [9.17, 15) is 31.5 Å². The predicted octanol–water partition coefficient (Wildman–Crippen LogP) is 6.43. The van der Waals surface area contributed by atoms with Crippen molar-refractivity contribution in [3.05, 3.63) is 118 Å². The average molecular weight is 584 g/mol. The molecule has 3 heterocycles. The topological polar surface area (TPSA) is 88.4 Å². The zero-order valence-electron chi connectivity index (χ0n) is 20.4. The second-order valence-electron chi connectivity index (χ2n) is 9.22. The third-order valence-electron chi connectivity index (χ3n) is 6.60. The summed E-state index contributed by atoms with van der Waals surface area (Å²) < 4.78 is 69.7. The Bertz CT molecular complexity index is 1890. The molecule has 1 aliphatic rings. The van der Waals surface area contributed by atoms with E-state index in [0.717, 1.165) is 12.1 Å². The molecule has 41 heavy (non-hydrogen) atoms. The Morgan fingerprint density at radius 2 is 1.78 bits per heavy atom. The fraction of sp³-hybridized carbons (Fsp3) is 0.0714. The minimum absolute atomic E-state index is 0.0164.